The lowest BCUT2D eigenvalue weighted by Crippen LogP contribution is -2.25. The average molecular weight is 235 g/mol. The summed E-state index contributed by atoms with van der Waals surface area (Å²) in [7, 11) is 0. The summed E-state index contributed by atoms with van der Waals surface area (Å²) in [6.45, 7) is 6.13. The molecule has 17 heavy (non-hydrogen) atoms. The second-order valence-corrected chi connectivity index (χ2v) is 4.77. The van der Waals surface area contributed by atoms with Crippen molar-refractivity contribution in [2.45, 2.75) is 20.3 Å². The van der Waals surface area contributed by atoms with Crippen molar-refractivity contribution in [3.8, 4) is 0 Å². The number of carbonyl (C=O) groups is 1. The van der Waals surface area contributed by atoms with Crippen LogP contribution < -0.4 is 4.90 Å². The topological polar surface area (TPSA) is 66.3 Å². The molecule has 1 unspecified atom stereocenters. The molecule has 1 N–H and O–H groups in total. The van der Waals surface area contributed by atoms with E-state index in [1.54, 1.807) is 6.20 Å². The first kappa shape index (κ1) is 11.8. The molecule has 0 aliphatic carbocycles. The Morgan fingerprint density at radius 3 is 2.76 bits per heavy atom. The van der Waals surface area contributed by atoms with E-state index >= 15 is 0 Å². The minimum atomic E-state index is -1.01. The molecule has 1 aliphatic heterocycles. The summed E-state index contributed by atoms with van der Waals surface area (Å²) >= 11 is 0. The molecule has 1 atom stereocenters. The zero-order valence-corrected chi connectivity index (χ0v) is 10.1. The summed E-state index contributed by atoms with van der Waals surface area (Å²) in [5, 5.41) is 9.07. The maximum atomic E-state index is 11.1. The summed E-state index contributed by atoms with van der Waals surface area (Å²) in [5.74, 6) is 0.716. The summed E-state index contributed by atoms with van der Waals surface area (Å²) in [4.78, 5) is 21.1. The number of nitrogens with zero attached hydrogens (tertiary/aromatic N) is 3. The Labute approximate surface area is 100 Å². The van der Waals surface area contributed by atoms with Gasteiger partial charge >= 0.3 is 5.97 Å². The molecule has 0 spiro atoms. The van der Waals surface area contributed by atoms with E-state index in [1.165, 1.54) is 6.20 Å². The molecule has 0 amide bonds. The first-order chi connectivity index (χ1) is 8.09. The van der Waals surface area contributed by atoms with Crippen molar-refractivity contribution in [3.63, 3.8) is 0 Å². The number of carboxylic acid groups (broad SMARTS) is 1. The summed E-state index contributed by atoms with van der Waals surface area (Å²) in [6, 6.07) is 0. The van der Waals surface area contributed by atoms with Crippen LogP contribution in [0.5, 0.6) is 0 Å². The van der Waals surface area contributed by atoms with Crippen LogP contribution in [0, 0.1) is 11.8 Å². The van der Waals surface area contributed by atoms with Gasteiger partial charge in [-0.05, 0) is 18.3 Å². The second kappa shape index (κ2) is 4.69. The van der Waals surface area contributed by atoms with Gasteiger partial charge in [0.25, 0.3) is 0 Å². The first-order valence-corrected chi connectivity index (χ1v) is 5.89. The third kappa shape index (κ3) is 2.38. The Morgan fingerprint density at radius 1 is 1.47 bits per heavy atom. The SMILES string of the molecule is CC(C)C1CCN(c2nccnc2C(=O)O)C1. The predicted octanol–water partition coefficient (Wildman–Crippen LogP) is 1.66. The van der Waals surface area contributed by atoms with E-state index in [-0.39, 0.29) is 5.69 Å². The van der Waals surface area contributed by atoms with Gasteiger partial charge < -0.3 is 10.0 Å². The van der Waals surface area contributed by atoms with Crippen molar-refractivity contribution in [1.29, 1.82) is 0 Å². The lowest BCUT2D eigenvalue weighted by atomic mass is 9.95. The van der Waals surface area contributed by atoms with Gasteiger partial charge in [-0.15, -0.1) is 0 Å². The van der Waals surface area contributed by atoms with Crippen LogP contribution >= 0.6 is 0 Å². The van der Waals surface area contributed by atoms with E-state index in [1.807, 2.05) is 4.90 Å². The maximum Gasteiger partial charge on any atom is 0.358 e. The molecule has 1 saturated heterocycles. The van der Waals surface area contributed by atoms with Gasteiger partial charge in [0.1, 0.15) is 0 Å². The monoisotopic (exact) mass is 235 g/mol. The van der Waals surface area contributed by atoms with E-state index in [0.29, 0.717) is 17.7 Å². The van der Waals surface area contributed by atoms with E-state index in [4.69, 9.17) is 5.11 Å². The Balaban J connectivity index is 2.21. The molecule has 2 rings (SSSR count). The fourth-order valence-corrected chi connectivity index (χ4v) is 2.24. The number of carboxylic acids is 1. The molecular weight excluding hydrogens is 218 g/mol. The average Bonchev–Trinajstić information content (AvgIpc) is 2.78. The van der Waals surface area contributed by atoms with Crippen LogP contribution in [0.2, 0.25) is 0 Å². The zero-order chi connectivity index (χ0) is 12.4. The number of hydrogen-bond donors (Lipinski definition) is 1. The zero-order valence-electron chi connectivity index (χ0n) is 10.1. The van der Waals surface area contributed by atoms with E-state index < -0.39 is 5.97 Å². The van der Waals surface area contributed by atoms with Crippen LogP contribution in [0.15, 0.2) is 12.4 Å². The number of anilines is 1. The number of aromatic nitrogens is 2. The van der Waals surface area contributed by atoms with Gasteiger partial charge in [0.2, 0.25) is 0 Å². The molecule has 0 aromatic carbocycles. The van der Waals surface area contributed by atoms with Gasteiger partial charge in [0.15, 0.2) is 11.5 Å². The van der Waals surface area contributed by atoms with Crippen LogP contribution in [0.25, 0.3) is 0 Å². The van der Waals surface area contributed by atoms with Crippen LogP contribution in [-0.2, 0) is 0 Å². The van der Waals surface area contributed by atoms with Gasteiger partial charge in [-0.3, -0.25) is 0 Å². The molecule has 0 saturated carbocycles. The van der Waals surface area contributed by atoms with Crippen molar-refractivity contribution >= 4 is 11.8 Å². The molecule has 0 bridgehead atoms. The highest BCUT2D eigenvalue weighted by molar-refractivity contribution is 5.90. The van der Waals surface area contributed by atoms with Gasteiger partial charge in [-0.2, -0.15) is 0 Å². The van der Waals surface area contributed by atoms with Gasteiger partial charge in [-0.1, -0.05) is 13.8 Å². The van der Waals surface area contributed by atoms with E-state index in [0.717, 1.165) is 19.5 Å². The molecule has 1 aliphatic rings. The van der Waals surface area contributed by atoms with Crippen molar-refractivity contribution in [1.82, 2.24) is 9.97 Å². The minimum absolute atomic E-state index is 0.0527. The molecule has 5 heteroatoms. The van der Waals surface area contributed by atoms with Crippen molar-refractivity contribution in [2.75, 3.05) is 18.0 Å². The lowest BCUT2D eigenvalue weighted by molar-refractivity contribution is 0.0691. The summed E-state index contributed by atoms with van der Waals surface area (Å²) in [5.41, 5.74) is 0.0527. The van der Waals surface area contributed by atoms with Crippen molar-refractivity contribution in [2.24, 2.45) is 11.8 Å². The summed E-state index contributed by atoms with van der Waals surface area (Å²) < 4.78 is 0. The Kier molecular flexibility index (Phi) is 3.26. The highest BCUT2D eigenvalue weighted by Gasteiger charge is 2.28. The molecular formula is C12H17N3O2. The molecule has 1 aromatic heterocycles. The fraction of sp³-hybridized carbons (Fsp3) is 0.583. The van der Waals surface area contributed by atoms with Crippen LogP contribution in [-0.4, -0.2) is 34.1 Å². The quantitative estimate of drug-likeness (QED) is 0.863. The number of rotatable bonds is 3. The van der Waals surface area contributed by atoms with Gasteiger partial charge in [0, 0.05) is 25.5 Å². The van der Waals surface area contributed by atoms with E-state index in [2.05, 4.69) is 23.8 Å². The lowest BCUT2D eigenvalue weighted by Gasteiger charge is -2.19. The van der Waals surface area contributed by atoms with Crippen LogP contribution in [0.1, 0.15) is 30.8 Å². The molecule has 1 aromatic rings. The van der Waals surface area contributed by atoms with Crippen molar-refractivity contribution in [3.05, 3.63) is 18.1 Å². The number of hydrogen-bond acceptors (Lipinski definition) is 4. The van der Waals surface area contributed by atoms with E-state index in [9.17, 15) is 4.79 Å². The second-order valence-electron chi connectivity index (χ2n) is 4.77. The Hall–Kier alpha value is -1.65. The maximum absolute atomic E-state index is 11.1. The summed E-state index contributed by atoms with van der Waals surface area (Å²) in [6.07, 6.45) is 4.06. The molecule has 1 fully saturated rings. The number of aromatic carboxylic acids is 1. The highest BCUT2D eigenvalue weighted by atomic mass is 16.4. The molecule has 92 valence electrons. The smallest absolute Gasteiger partial charge is 0.358 e. The predicted molar refractivity (Wildman–Crippen MR) is 64.1 cm³/mol. The van der Waals surface area contributed by atoms with Gasteiger partial charge in [-0.25, -0.2) is 14.8 Å². The first-order valence-electron chi connectivity index (χ1n) is 5.89. The molecule has 2 heterocycles. The normalized spacial score (nSPS) is 19.9. The largest absolute Gasteiger partial charge is 0.476 e. The molecule has 5 nitrogen and oxygen atoms in total. The Morgan fingerprint density at radius 2 is 2.18 bits per heavy atom. The standard InChI is InChI=1S/C12H17N3O2/c1-8(2)9-3-6-15(7-9)11-10(12(16)17)13-4-5-14-11/h4-5,8-9H,3,6-7H2,1-2H3,(H,16,17). The van der Waals surface area contributed by atoms with Crippen molar-refractivity contribution < 1.29 is 9.90 Å². The minimum Gasteiger partial charge on any atom is -0.476 e. The highest BCUT2D eigenvalue weighted by Crippen LogP contribution is 2.28. The third-order valence-corrected chi connectivity index (χ3v) is 3.35. The van der Waals surface area contributed by atoms with Crippen LogP contribution in [0.4, 0.5) is 5.82 Å². The fourth-order valence-electron chi connectivity index (χ4n) is 2.24. The van der Waals surface area contributed by atoms with Crippen LogP contribution in [0.3, 0.4) is 0 Å². The van der Waals surface area contributed by atoms with Gasteiger partial charge in [0.05, 0.1) is 0 Å². The Bertz CT molecular complexity index is 420. The third-order valence-electron chi connectivity index (χ3n) is 3.35. The molecule has 0 radical (unpaired) electrons.